The van der Waals surface area contributed by atoms with Gasteiger partial charge in [0.25, 0.3) is 23.4 Å². The first-order valence-corrected chi connectivity index (χ1v) is 16.5. The third kappa shape index (κ3) is 5.13. The first-order valence-electron chi connectivity index (χ1n) is 13.8. The molecule has 18 heteroatoms. The van der Waals surface area contributed by atoms with Crippen LogP contribution in [0.1, 0.15) is 31.1 Å². The minimum atomic E-state index is -2.22. The average molecular weight is 807 g/mol. The predicted octanol–water partition coefficient (Wildman–Crippen LogP) is 7.15. The monoisotopic (exact) mass is 803 g/mol. The van der Waals surface area contributed by atoms with Crippen molar-refractivity contribution in [1.29, 1.82) is 0 Å². The van der Waals surface area contributed by atoms with Crippen molar-refractivity contribution in [3.8, 4) is 5.75 Å². The van der Waals surface area contributed by atoms with Gasteiger partial charge in [0, 0.05) is 17.7 Å². The molecule has 0 N–H and O–H groups in total. The van der Waals surface area contributed by atoms with Crippen LogP contribution in [0.3, 0.4) is 0 Å². The molecular formula is C31H16Cl7N3O8. The molecule has 2 aliphatic carbocycles. The highest BCUT2D eigenvalue weighted by molar-refractivity contribution is 6.66. The number of Topliss-reactive ketones (excluding diaryl/α,β-unsaturated/α-hetero) is 1. The number of ketones is 1. The van der Waals surface area contributed by atoms with E-state index in [0.29, 0.717) is 10.0 Å². The second-order valence-electron chi connectivity index (χ2n) is 11.1. The van der Waals surface area contributed by atoms with Crippen molar-refractivity contribution in [2.75, 3.05) is 6.54 Å². The molecule has 1 saturated heterocycles. The SMILES string of the molecule is O=C(CN(C(=O)c1ccccc1Cl)N1C(=O)[C@H]2[C@H](C1=O)[C@@]1(Cl)C(Cl)=C(Cl)[C@@]2(Cl)C1(Cl)Cl)c1ccc(OC(=O)c2ccc([N+](=O)[O-])cc2)cc1. The lowest BCUT2D eigenvalue weighted by Gasteiger charge is -2.36. The molecule has 0 radical (unpaired) electrons. The number of nitrogens with zero attached hydrogens (tertiary/aromatic N) is 3. The Balaban J connectivity index is 1.29. The number of nitro benzene ring substituents is 1. The molecule has 11 nitrogen and oxygen atoms in total. The molecule has 4 atom stereocenters. The summed E-state index contributed by atoms with van der Waals surface area (Å²) < 4.78 is 3.07. The molecule has 1 aliphatic heterocycles. The van der Waals surface area contributed by atoms with Gasteiger partial charge < -0.3 is 4.74 Å². The molecule has 1 heterocycles. The normalized spacial score (nSPS) is 25.0. The van der Waals surface area contributed by atoms with Gasteiger partial charge >= 0.3 is 5.97 Å². The molecule has 252 valence electrons. The molecule has 3 aliphatic rings. The van der Waals surface area contributed by atoms with Gasteiger partial charge in [0.1, 0.15) is 22.0 Å². The van der Waals surface area contributed by atoms with Crippen molar-refractivity contribution in [2.24, 2.45) is 11.8 Å². The summed E-state index contributed by atoms with van der Waals surface area (Å²) in [6.45, 7) is -0.866. The van der Waals surface area contributed by atoms with Crippen LogP contribution in [0.4, 0.5) is 5.69 Å². The smallest absolute Gasteiger partial charge is 0.343 e. The molecule has 0 unspecified atom stereocenters. The van der Waals surface area contributed by atoms with Crippen molar-refractivity contribution < 1.29 is 33.6 Å². The van der Waals surface area contributed by atoms with Crippen LogP contribution in [-0.2, 0) is 9.59 Å². The molecule has 3 amide bonds. The molecule has 2 bridgehead atoms. The van der Waals surface area contributed by atoms with Crippen LogP contribution in [0, 0.1) is 22.0 Å². The maximum absolute atomic E-state index is 14.1. The van der Waals surface area contributed by atoms with Crippen LogP contribution in [0.2, 0.25) is 5.02 Å². The standard InChI is InChI=1S/C31H16Cl7N3O8/c32-19-4-2-1-3-18(19)25(43)39(40-26(44)21-22(27(40)45)30(36)24(34)23(33)29(21,35)31(30,37)38)13-20(42)14-7-11-17(12-8-14)49-28(46)15-5-9-16(10-6-15)41(47)48/h1-12,21-22H,13H2/t21-,22-,29-,30-/m1/s1. The number of carbonyl (C=O) groups excluding carboxylic acids is 5. The van der Waals surface area contributed by atoms with Crippen molar-refractivity contribution in [3.63, 3.8) is 0 Å². The zero-order valence-electron chi connectivity index (χ0n) is 24.0. The number of nitro groups is 1. The van der Waals surface area contributed by atoms with E-state index in [1.165, 1.54) is 54.6 Å². The quantitative estimate of drug-likeness (QED) is 0.0444. The first kappa shape index (κ1) is 35.4. The van der Waals surface area contributed by atoms with E-state index in [1.807, 2.05) is 0 Å². The third-order valence-electron chi connectivity index (χ3n) is 8.46. The topological polar surface area (TPSA) is 144 Å². The van der Waals surface area contributed by atoms with Crippen LogP contribution < -0.4 is 4.74 Å². The summed E-state index contributed by atoms with van der Waals surface area (Å²) in [7, 11) is 0. The van der Waals surface area contributed by atoms with Gasteiger partial charge in [-0.05, 0) is 48.5 Å². The maximum Gasteiger partial charge on any atom is 0.343 e. The van der Waals surface area contributed by atoms with E-state index < -0.39 is 66.9 Å². The molecule has 6 rings (SSSR count). The van der Waals surface area contributed by atoms with Gasteiger partial charge in [-0.2, -0.15) is 5.01 Å². The fourth-order valence-electron chi connectivity index (χ4n) is 6.05. The Kier molecular flexibility index (Phi) is 8.97. The number of carbonyl (C=O) groups is 5. The van der Waals surface area contributed by atoms with Crippen LogP contribution in [0.5, 0.6) is 5.75 Å². The van der Waals surface area contributed by atoms with Crippen molar-refractivity contribution in [2.45, 2.75) is 14.1 Å². The zero-order chi connectivity index (χ0) is 35.8. The summed E-state index contributed by atoms with van der Waals surface area (Å²) in [5.41, 5.74) is -0.338. The van der Waals surface area contributed by atoms with E-state index in [-0.39, 0.29) is 43.2 Å². The number of ether oxygens (including phenoxy) is 1. The van der Waals surface area contributed by atoms with Crippen LogP contribution in [0.25, 0.3) is 0 Å². The Bertz CT molecular complexity index is 1980. The Morgan fingerprint density at radius 1 is 0.796 bits per heavy atom. The van der Waals surface area contributed by atoms with Crippen molar-refractivity contribution >= 4 is 116 Å². The fraction of sp³-hybridized carbons (Fsp3) is 0.194. The number of imide groups is 1. The van der Waals surface area contributed by atoms with Crippen LogP contribution in [-0.4, -0.2) is 65.0 Å². The number of allylic oxidation sites excluding steroid dienone is 2. The Morgan fingerprint density at radius 2 is 1.31 bits per heavy atom. The maximum atomic E-state index is 14.1. The molecule has 2 fully saturated rings. The van der Waals surface area contributed by atoms with Gasteiger partial charge in [0.05, 0.1) is 43.0 Å². The molecular weight excluding hydrogens is 791 g/mol. The number of amides is 3. The number of hydrogen-bond acceptors (Lipinski definition) is 8. The van der Waals surface area contributed by atoms with E-state index in [0.717, 1.165) is 12.1 Å². The van der Waals surface area contributed by atoms with Gasteiger partial charge in [-0.1, -0.05) is 70.1 Å². The Labute approximate surface area is 311 Å². The van der Waals surface area contributed by atoms with E-state index in [4.69, 9.17) is 85.9 Å². The van der Waals surface area contributed by atoms with Crippen LogP contribution in [0.15, 0.2) is 82.9 Å². The highest BCUT2D eigenvalue weighted by Gasteiger charge is 2.88. The predicted molar refractivity (Wildman–Crippen MR) is 180 cm³/mol. The number of rotatable bonds is 8. The fourth-order valence-corrected chi connectivity index (χ4v) is 9.19. The largest absolute Gasteiger partial charge is 0.423 e. The van der Waals surface area contributed by atoms with E-state index in [2.05, 4.69) is 0 Å². The average Bonchev–Trinajstić information content (AvgIpc) is 3.46. The van der Waals surface area contributed by atoms with Gasteiger partial charge in [0.2, 0.25) is 0 Å². The zero-order valence-corrected chi connectivity index (χ0v) is 29.3. The van der Waals surface area contributed by atoms with Gasteiger partial charge in [-0.25, -0.2) is 9.80 Å². The molecule has 49 heavy (non-hydrogen) atoms. The van der Waals surface area contributed by atoms with E-state index in [9.17, 15) is 34.1 Å². The summed E-state index contributed by atoms with van der Waals surface area (Å²) >= 11 is 45.8. The van der Waals surface area contributed by atoms with Gasteiger partial charge in [0.15, 0.2) is 10.1 Å². The minimum Gasteiger partial charge on any atom is -0.423 e. The summed E-state index contributed by atoms with van der Waals surface area (Å²) in [5, 5.41) is 11.2. The number of hydrogen-bond donors (Lipinski definition) is 0. The van der Waals surface area contributed by atoms with Crippen molar-refractivity contribution in [1.82, 2.24) is 10.0 Å². The Morgan fingerprint density at radius 3 is 1.82 bits per heavy atom. The highest BCUT2D eigenvalue weighted by Crippen LogP contribution is 2.77. The lowest BCUT2D eigenvalue weighted by atomic mass is 9.84. The third-order valence-corrected chi connectivity index (χ3v) is 13.0. The van der Waals surface area contributed by atoms with Gasteiger partial charge in [-0.15, -0.1) is 23.2 Å². The summed E-state index contributed by atoms with van der Waals surface area (Å²) in [6.07, 6.45) is 0. The van der Waals surface area contributed by atoms with E-state index >= 15 is 0 Å². The second kappa shape index (κ2) is 12.4. The number of esters is 1. The van der Waals surface area contributed by atoms with Crippen LogP contribution >= 0.6 is 81.2 Å². The number of fused-ring (bicyclic) bond motifs is 5. The lowest BCUT2D eigenvalue weighted by molar-refractivity contribution is -0.384. The number of halogens is 7. The number of benzene rings is 3. The minimum absolute atomic E-state index is 0.0117. The molecule has 1 saturated carbocycles. The Hall–Kier alpha value is -3.42. The summed E-state index contributed by atoms with van der Waals surface area (Å²) in [4.78, 5) is 74.2. The second-order valence-corrected chi connectivity index (χ2v) is 14.7. The molecule has 3 aromatic rings. The summed E-state index contributed by atoms with van der Waals surface area (Å²) in [6, 6.07) is 15.6. The van der Waals surface area contributed by atoms with E-state index in [1.54, 1.807) is 6.07 Å². The number of alkyl halides is 4. The van der Waals surface area contributed by atoms with Crippen molar-refractivity contribution in [3.05, 3.63) is 115 Å². The molecule has 0 aromatic heterocycles. The first-order chi connectivity index (χ1) is 23.0. The molecule has 3 aromatic carbocycles. The highest BCUT2D eigenvalue weighted by atomic mass is 35.5. The molecule has 0 spiro atoms. The lowest BCUT2D eigenvalue weighted by Crippen LogP contribution is -2.56. The van der Waals surface area contributed by atoms with Gasteiger partial charge in [-0.3, -0.25) is 29.3 Å². The number of hydrazine groups is 1. The summed E-state index contributed by atoms with van der Waals surface area (Å²) in [5.74, 6) is -7.85. The number of non-ortho nitro benzene ring substituents is 1.